The number of benzene rings is 3. The summed E-state index contributed by atoms with van der Waals surface area (Å²) in [5.41, 5.74) is 1.77. The molecule has 0 amide bonds. The van der Waals surface area contributed by atoms with E-state index in [-0.39, 0.29) is 28.5 Å². The fraction of sp³-hybridized carbons (Fsp3) is 0. The van der Waals surface area contributed by atoms with Crippen LogP contribution >= 0.6 is 11.6 Å². The number of aromatic nitrogens is 3. The summed E-state index contributed by atoms with van der Waals surface area (Å²) in [5.74, 6) is -0.942. The molecule has 128 valence electrons. The van der Waals surface area contributed by atoms with Crippen molar-refractivity contribution in [3.8, 4) is 17.2 Å². The Hall–Kier alpha value is -3.38. The number of hydrogen-bond acceptors (Lipinski definition) is 5. The average molecular weight is 366 g/mol. The van der Waals surface area contributed by atoms with Crippen LogP contribution in [0.25, 0.3) is 16.7 Å². The third-order valence-electron chi connectivity index (χ3n) is 3.93. The summed E-state index contributed by atoms with van der Waals surface area (Å²) in [6.07, 6.45) is 0. The minimum Gasteiger partial charge on any atom is -0.507 e. The van der Waals surface area contributed by atoms with Crippen LogP contribution in [0.5, 0.6) is 11.5 Å². The van der Waals surface area contributed by atoms with Crippen LogP contribution in [0.2, 0.25) is 5.02 Å². The van der Waals surface area contributed by atoms with Gasteiger partial charge in [-0.05, 0) is 24.3 Å². The van der Waals surface area contributed by atoms with Crippen molar-refractivity contribution in [3.63, 3.8) is 0 Å². The lowest BCUT2D eigenvalue weighted by Crippen LogP contribution is -2.05. The molecule has 0 bridgehead atoms. The zero-order valence-electron chi connectivity index (χ0n) is 13.3. The lowest BCUT2D eigenvalue weighted by molar-refractivity contribution is 0.103. The van der Waals surface area contributed by atoms with Crippen molar-refractivity contribution in [2.24, 2.45) is 0 Å². The number of nitrogens with zero attached hydrogens (tertiary/aromatic N) is 3. The Bertz CT molecular complexity index is 1140. The number of hydrogen-bond donors (Lipinski definition) is 2. The van der Waals surface area contributed by atoms with Crippen molar-refractivity contribution in [2.45, 2.75) is 0 Å². The molecule has 0 spiro atoms. The molecule has 7 heteroatoms. The van der Waals surface area contributed by atoms with Gasteiger partial charge in [0.25, 0.3) is 0 Å². The molecule has 0 saturated heterocycles. The van der Waals surface area contributed by atoms with Gasteiger partial charge in [-0.2, -0.15) is 0 Å². The van der Waals surface area contributed by atoms with E-state index in [4.69, 9.17) is 11.6 Å². The van der Waals surface area contributed by atoms with Gasteiger partial charge in [0.15, 0.2) is 5.78 Å². The third kappa shape index (κ3) is 2.76. The fourth-order valence-corrected chi connectivity index (χ4v) is 2.81. The molecule has 0 atom stereocenters. The zero-order valence-corrected chi connectivity index (χ0v) is 14.1. The first-order valence-corrected chi connectivity index (χ1v) is 8.09. The van der Waals surface area contributed by atoms with E-state index in [0.717, 1.165) is 6.07 Å². The Labute approximate surface area is 152 Å². The summed E-state index contributed by atoms with van der Waals surface area (Å²) in [7, 11) is 0. The summed E-state index contributed by atoms with van der Waals surface area (Å²) < 4.78 is 0. The number of carbonyl (C=O) groups excluding carboxylic acids is 1. The highest BCUT2D eigenvalue weighted by Gasteiger charge is 2.19. The van der Waals surface area contributed by atoms with Gasteiger partial charge in [-0.3, -0.25) is 4.79 Å². The van der Waals surface area contributed by atoms with Crippen molar-refractivity contribution in [1.29, 1.82) is 0 Å². The number of aromatic hydroxyl groups is 2. The first kappa shape index (κ1) is 16.1. The first-order valence-electron chi connectivity index (χ1n) is 7.71. The zero-order chi connectivity index (χ0) is 18.3. The molecule has 0 saturated carbocycles. The number of fused-ring (bicyclic) bond motifs is 1. The smallest absolute Gasteiger partial charge is 0.196 e. The summed E-state index contributed by atoms with van der Waals surface area (Å²) in [5, 5.41) is 29.4. The van der Waals surface area contributed by atoms with Crippen LogP contribution in [0.3, 0.4) is 0 Å². The third-order valence-corrected chi connectivity index (χ3v) is 4.17. The van der Waals surface area contributed by atoms with Gasteiger partial charge in [0.2, 0.25) is 0 Å². The molecule has 0 aliphatic heterocycles. The highest BCUT2D eigenvalue weighted by atomic mass is 35.5. The standard InChI is InChI=1S/C19H12ClN3O3/c20-12-6-7-14-15(8-12)22-23(21-14)16-9-13(17(24)10-18(16)25)19(26)11-4-2-1-3-5-11/h1-10,24-25H. The SMILES string of the molecule is O=C(c1ccccc1)c1cc(-n2nc3ccc(Cl)cc3n2)c(O)cc1O. The Morgan fingerprint density at radius 2 is 1.62 bits per heavy atom. The lowest BCUT2D eigenvalue weighted by Gasteiger charge is -2.09. The molecule has 6 nitrogen and oxygen atoms in total. The summed E-state index contributed by atoms with van der Waals surface area (Å²) in [4.78, 5) is 13.9. The van der Waals surface area contributed by atoms with E-state index in [2.05, 4.69) is 10.2 Å². The molecule has 0 radical (unpaired) electrons. The molecule has 1 aromatic heterocycles. The van der Waals surface area contributed by atoms with Gasteiger partial charge in [-0.1, -0.05) is 41.9 Å². The summed E-state index contributed by atoms with van der Waals surface area (Å²) >= 11 is 5.96. The molecule has 4 aromatic rings. The highest BCUT2D eigenvalue weighted by Crippen LogP contribution is 2.31. The van der Waals surface area contributed by atoms with E-state index in [1.165, 1.54) is 10.9 Å². The first-order chi connectivity index (χ1) is 12.5. The minimum atomic E-state index is -0.371. The van der Waals surface area contributed by atoms with E-state index in [9.17, 15) is 15.0 Å². The summed E-state index contributed by atoms with van der Waals surface area (Å²) in [6, 6.07) is 16.1. The quantitative estimate of drug-likeness (QED) is 0.540. The van der Waals surface area contributed by atoms with Gasteiger partial charge in [-0.15, -0.1) is 15.0 Å². The van der Waals surface area contributed by atoms with E-state index in [0.29, 0.717) is 21.6 Å². The number of phenolic OH excluding ortho intramolecular Hbond substituents is 2. The molecule has 0 fully saturated rings. The molecule has 4 rings (SSSR count). The molecule has 0 aliphatic carbocycles. The predicted molar refractivity (Wildman–Crippen MR) is 97.1 cm³/mol. The van der Waals surface area contributed by atoms with Gasteiger partial charge in [0.05, 0.1) is 5.56 Å². The summed E-state index contributed by atoms with van der Waals surface area (Å²) in [6.45, 7) is 0. The maximum atomic E-state index is 12.7. The van der Waals surface area contributed by atoms with Crippen LogP contribution in [0.4, 0.5) is 0 Å². The maximum absolute atomic E-state index is 12.7. The Kier molecular flexibility index (Phi) is 3.82. The second-order valence-electron chi connectivity index (χ2n) is 5.68. The molecular formula is C19H12ClN3O3. The normalized spacial score (nSPS) is 11.0. The van der Waals surface area contributed by atoms with Crippen LogP contribution < -0.4 is 0 Å². The topological polar surface area (TPSA) is 88.2 Å². The molecule has 26 heavy (non-hydrogen) atoms. The van der Waals surface area contributed by atoms with E-state index in [1.807, 2.05) is 0 Å². The van der Waals surface area contributed by atoms with E-state index >= 15 is 0 Å². The monoisotopic (exact) mass is 365 g/mol. The predicted octanol–water partition coefficient (Wildman–Crippen LogP) is 3.72. The van der Waals surface area contributed by atoms with Crippen LogP contribution in [-0.2, 0) is 0 Å². The van der Waals surface area contributed by atoms with Gasteiger partial charge in [-0.25, -0.2) is 0 Å². The molecule has 2 N–H and O–H groups in total. The van der Waals surface area contributed by atoms with Crippen LogP contribution in [0.1, 0.15) is 15.9 Å². The molecular weight excluding hydrogens is 354 g/mol. The number of halogens is 1. The number of ketones is 1. The number of rotatable bonds is 3. The Balaban J connectivity index is 1.85. The minimum absolute atomic E-state index is 0.0448. The van der Waals surface area contributed by atoms with Crippen LogP contribution in [-0.4, -0.2) is 31.0 Å². The number of carbonyl (C=O) groups is 1. The fourth-order valence-electron chi connectivity index (χ4n) is 2.65. The van der Waals surface area contributed by atoms with Crippen molar-refractivity contribution < 1.29 is 15.0 Å². The average Bonchev–Trinajstić information content (AvgIpc) is 3.04. The van der Waals surface area contributed by atoms with E-state index in [1.54, 1.807) is 48.5 Å². The number of phenols is 2. The van der Waals surface area contributed by atoms with Crippen molar-refractivity contribution in [2.75, 3.05) is 0 Å². The van der Waals surface area contributed by atoms with Crippen molar-refractivity contribution in [3.05, 3.63) is 76.8 Å². The second-order valence-corrected chi connectivity index (χ2v) is 6.11. The molecule has 0 aliphatic rings. The largest absolute Gasteiger partial charge is 0.507 e. The van der Waals surface area contributed by atoms with Crippen LogP contribution in [0.15, 0.2) is 60.7 Å². The van der Waals surface area contributed by atoms with Gasteiger partial charge in [0, 0.05) is 16.7 Å². The van der Waals surface area contributed by atoms with Gasteiger partial charge in [0.1, 0.15) is 28.2 Å². The van der Waals surface area contributed by atoms with Gasteiger partial charge >= 0.3 is 0 Å². The second kappa shape index (κ2) is 6.16. The van der Waals surface area contributed by atoms with Gasteiger partial charge < -0.3 is 10.2 Å². The molecule has 0 unspecified atom stereocenters. The molecule has 3 aromatic carbocycles. The molecule has 1 heterocycles. The highest BCUT2D eigenvalue weighted by molar-refractivity contribution is 6.31. The Morgan fingerprint density at radius 1 is 0.885 bits per heavy atom. The van der Waals surface area contributed by atoms with E-state index < -0.39 is 0 Å². The maximum Gasteiger partial charge on any atom is 0.196 e. The van der Waals surface area contributed by atoms with Crippen molar-refractivity contribution in [1.82, 2.24) is 15.0 Å². The lowest BCUT2D eigenvalue weighted by atomic mass is 10.0. The van der Waals surface area contributed by atoms with Crippen LogP contribution in [0, 0.1) is 0 Å². The van der Waals surface area contributed by atoms with Crippen molar-refractivity contribution >= 4 is 28.4 Å². The Morgan fingerprint density at radius 3 is 2.38 bits per heavy atom.